The van der Waals surface area contributed by atoms with Crippen molar-refractivity contribution >= 4 is 23.4 Å². The molecule has 156 valence electrons. The lowest BCUT2D eigenvalue weighted by molar-refractivity contribution is -0.140. The summed E-state index contributed by atoms with van der Waals surface area (Å²) < 4.78 is 5.07. The molecule has 2 aromatic carbocycles. The fourth-order valence-corrected chi connectivity index (χ4v) is 3.40. The van der Waals surface area contributed by atoms with Crippen molar-refractivity contribution in [1.29, 1.82) is 0 Å². The first-order chi connectivity index (χ1) is 14.3. The van der Waals surface area contributed by atoms with Gasteiger partial charge in [-0.05, 0) is 31.8 Å². The number of hydrogen-bond acceptors (Lipinski definition) is 6. The molecular weight excluding hydrogens is 384 g/mol. The summed E-state index contributed by atoms with van der Waals surface area (Å²) in [7, 11) is 3.76. The van der Waals surface area contributed by atoms with E-state index in [1.165, 1.54) is 11.8 Å². The van der Waals surface area contributed by atoms with Crippen LogP contribution in [0, 0.1) is 0 Å². The van der Waals surface area contributed by atoms with Crippen LogP contribution in [0.3, 0.4) is 0 Å². The monoisotopic (exact) mass is 408 g/mol. The quantitative estimate of drug-likeness (QED) is 0.260. The SMILES string of the molecule is CC(=O)Oc1ccc(C2/C(=C(/O)c3ccccc3)C(=O)C(=O)N2CCN(C)C)cc1. The Hall–Kier alpha value is -3.45. The second-order valence-electron chi connectivity index (χ2n) is 7.32. The number of ketones is 1. The topological polar surface area (TPSA) is 87.1 Å². The lowest BCUT2D eigenvalue weighted by atomic mass is 9.95. The Morgan fingerprint density at radius 3 is 2.27 bits per heavy atom. The van der Waals surface area contributed by atoms with Crippen LogP contribution in [-0.2, 0) is 14.4 Å². The Bertz CT molecular complexity index is 980. The smallest absolute Gasteiger partial charge is 0.308 e. The summed E-state index contributed by atoms with van der Waals surface area (Å²) in [6.07, 6.45) is 0. The molecule has 0 aliphatic carbocycles. The number of likely N-dealkylation sites (tertiary alicyclic amines) is 1. The van der Waals surface area contributed by atoms with Gasteiger partial charge in [-0.3, -0.25) is 14.4 Å². The summed E-state index contributed by atoms with van der Waals surface area (Å²) in [6, 6.07) is 14.5. The molecule has 1 N–H and O–H groups in total. The van der Waals surface area contributed by atoms with Crippen molar-refractivity contribution in [3.63, 3.8) is 0 Å². The molecule has 1 heterocycles. The molecule has 1 amide bonds. The highest BCUT2D eigenvalue weighted by Gasteiger charge is 2.45. The van der Waals surface area contributed by atoms with Gasteiger partial charge in [0.25, 0.3) is 11.7 Å². The number of amides is 1. The summed E-state index contributed by atoms with van der Waals surface area (Å²) >= 11 is 0. The van der Waals surface area contributed by atoms with E-state index in [0.717, 1.165) is 0 Å². The van der Waals surface area contributed by atoms with Gasteiger partial charge in [0.15, 0.2) is 0 Å². The van der Waals surface area contributed by atoms with E-state index in [0.29, 0.717) is 30.0 Å². The molecule has 0 aromatic heterocycles. The standard InChI is InChI=1S/C23H24N2O5/c1-15(26)30-18-11-9-16(10-12-18)20-19(21(27)17-7-5-4-6-8-17)22(28)23(29)25(20)14-13-24(2)3/h4-12,20,27H,13-14H2,1-3H3/b21-19-. The second kappa shape index (κ2) is 8.92. The van der Waals surface area contributed by atoms with Crippen molar-refractivity contribution < 1.29 is 24.2 Å². The van der Waals surface area contributed by atoms with E-state index in [2.05, 4.69) is 0 Å². The third-order valence-corrected chi connectivity index (χ3v) is 4.83. The maximum atomic E-state index is 12.9. The molecule has 0 bridgehead atoms. The van der Waals surface area contributed by atoms with E-state index in [1.54, 1.807) is 54.6 Å². The summed E-state index contributed by atoms with van der Waals surface area (Å²) in [5, 5.41) is 10.9. The molecule has 30 heavy (non-hydrogen) atoms. The highest BCUT2D eigenvalue weighted by atomic mass is 16.5. The van der Waals surface area contributed by atoms with Crippen LogP contribution in [0.2, 0.25) is 0 Å². The van der Waals surface area contributed by atoms with Gasteiger partial charge in [0.1, 0.15) is 11.5 Å². The molecule has 3 rings (SSSR count). The third kappa shape index (κ3) is 4.41. The highest BCUT2D eigenvalue weighted by molar-refractivity contribution is 6.46. The Labute approximate surface area is 175 Å². The van der Waals surface area contributed by atoms with Crippen LogP contribution in [0.5, 0.6) is 5.75 Å². The number of ether oxygens (including phenoxy) is 1. The van der Waals surface area contributed by atoms with Gasteiger partial charge in [-0.2, -0.15) is 0 Å². The molecule has 1 fully saturated rings. The van der Waals surface area contributed by atoms with E-state index in [4.69, 9.17) is 4.74 Å². The summed E-state index contributed by atoms with van der Waals surface area (Å²) in [4.78, 5) is 40.2. The van der Waals surface area contributed by atoms with Crippen molar-refractivity contribution in [3.05, 3.63) is 71.3 Å². The van der Waals surface area contributed by atoms with Crippen molar-refractivity contribution in [1.82, 2.24) is 9.80 Å². The lowest BCUT2D eigenvalue weighted by Crippen LogP contribution is -2.35. The van der Waals surface area contributed by atoms with E-state index in [-0.39, 0.29) is 11.3 Å². The molecule has 0 spiro atoms. The van der Waals surface area contributed by atoms with Crippen LogP contribution in [0.15, 0.2) is 60.2 Å². The zero-order valence-corrected chi connectivity index (χ0v) is 17.2. The van der Waals surface area contributed by atoms with Crippen LogP contribution in [0.4, 0.5) is 0 Å². The molecule has 0 radical (unpaired) electrons. The number of aliphatic hydroxyl groups excluding tert-OH is 1. The molecule has 1 unspecified atom stereocenters. The van der Waals surface area contributed by atoms with Crippen LogP contribution >= 0.6 is 0 Å². The molecule has 2 aromatic rings. The predicted octanol–water partition coefficient (Wildman–Crippen LogP) is 2.60. The fourth-order valence-electron chi connectivity index (χ4n) is 3.40. The first-order valence-corrected chi connectivity index (χ1v) is 9.56. The third-order valence-electron chi connectivity index (χ3n) is 4.83. The Morgan fingerprint density at radius 1 is 1.07 bits per heavy atom. The average Bonchev–Trinajstić information content (AvgIpc) is 2.97. The number of aliphatic hydroxyl groups is 1. The number of hydrogen-bond donors (Lipinski definition) is 1. The molecule has 7 nitrogen and oxygen atoms in total. The zero-order chi connectivity index (χ0) is 21.8. The van der Waals surface area contributed by atoms with Crippen LogP contribution in [-0.4, -0.2) is 59.8 Å². The zero-order valence-electron chi connectivity index (χ0n) is 17.2. The Morgan fingerprint density at radius 2 is 1.70 bits per heavy atom. The highest BCUT2D eigenvalue weighted by Crippen LogP contribution is 2.39. The van der Waals surface area contributed by atoms with E-state index < -0.39 is 23.7 Å². The van der Waals surface area contributed by atoms with E-state index in [9.17, 15) is 19.5 Å². The van der Waals surface area contributed by atoms with Gasteiger partial charge < -0.3 is 19.6 Å². The number of carbonyl (C=O) groups is 3. The average molecular weight is 408 g/mol. The first kappa shape index (κ1) is 21.3. The summed E-state index contributed by atoms with van der Waals surface area (Å²) in [5.41, 5.74) is 1.15. The number of Topliss-reactive ketones (excluding diaryl/α,β-unsaturated/α-hetero) is 1. The van der Waals surface area contributed by atoms with Gasteiger partial charge in [-0.15, -0.1) is 0 Å². The largest absolute Gasteiger partial charge is 0.507 e. The summed E-state index contributed by atoms with van der Waals surface area (Å²) in [6.45, 7) is 2.18. The minimum Gasteiger partial charge on any atom is -0.507 e. The van der Waals surface area contributed by atoms with Crippen LogP contribution in [0.1, 0.15) is 24.1 Å². The molecule has 1 aliphatic heterocycles. The Balaban J connectivity index is 2.08. The van der Waals surface area contributed by atoms with Crippen LogP contribution in [0.25, 0.3) is 5.76 Å². The number of likely N-dealkylation sites (N-methyl/N-ethyl adjacent to an activating group) is 1. The number of benzene rings is 2. The number of rotatable bonds is 6. The van der Waals surface area contributed by atoms with Gasteiger partial charge in [-0.1, -0.05) is 42.5 Å². The minimum absolute atomic E-state index is 0.0465. The normalized spacial score (nSPS) is 18.1. The number of esters is 1. The van der Waals surface area contributed by atoms with Gasteiger partial charge in [0.2, 0.25) is 0 Å². The van der Waals surface area contributed by atoms with Crippen molar-refractivity contribution in [3.8, 4) is 5.75 Å². The number of carbonyl (C=O) groups excluding carboxylic acids is 3. The van der Waals surface area contributed by atoms with Gasteiger partial charge in [0, 0.05) is 25.6 Å². The van der Waals surface area contributed by atoms with Gasteiger partial charge in [0.05, 0.1) is 11.6 Å². The first-order valence-electron chi connectivity index (χ1n) is 9.56. The molecule has 1 aliphatic rings. The van der Waals surface area contributed by atoms with Crippen molar-refractivity contribution in [2.45, 2.75) is 13.0 Å². The van der Waals surface area contributed by atoms with E-state index >= 15 is 0 Å². The molecular formula is C23H24N2O5. The lowest BCUT2D eigenvalue weighted by Gasteiger charge is -2.26. The maximum Gasteiger partial charge on any atom is 0.308 e. The van der Waals surface area contributed by atoms with Crippen LogP contribution < -0.4 is 4.74 Å². The maximum absolute atomic E-state index is 12.9. The molecule has 7 heteroatoms. The van der Waals surface area contributed by atoms with Gasteiger partial charge in [-0.25, -0.2) is 0 Å². The van der Waals surface area contributed by atoms with E-state index in [1.807, 2.05) is 19.0 Å². The van der Waals surface area contributed by atoms with Crippen molar-refractivity contribution in [2.24, 2.45) is 0 Å². The van der Waals surface area contributed by atoms with Crippen molar-refractivity contribution in [2.75, 3.05) is 27.2 Å². The fraction of sp³-hybridized carbons (Fsp3) is 0.261. The van der Waals surface area contributed by atoms with Gasteiger partial charge >= 0.3 is 5.97 Å². The molecule has 1 saturated heterocycles. The molecule has 1 atom stereocenters. The molecule has 0 saturated carbocycles. The predicted molar refractivity (Wildman–Crippen MR) is 112 cm³/mol. The summed E-state index contributed by atoms with van der Waals surface area (Å²) in [5.74, 6) is -1.66. The number of nitrogens with zero attached hydrogens (tertiary/aromatic N) is 2. The second-order valence-corrected chi connectivity index (χ2v) is 7.32. The Kier molecular flexibility index (Phi) is 6.32. The minimum atomic E-state index is -0.739.